The summed E-state index contributed by atoms with van der Waals surface area (Å²) >= 11 is 21.2. The molecule has 1 aromatic heterocycles. The fraction of sp³-hybridized carbons (Fsp3) is 0.0714. The van der Waals surface area contributed by atoms with Gasteiger partial charge in [-0.05, 0) is 46.3 Å². The SMILES string of the molecule is Fc1ccc(-n2c(CCl)nc3cc(Cl)c(Cl)cc32)cc1Br. The number of benzene rings is 2. The molecule has 0 unspecified atom stereocenters. The molecule has 0 aliphatic carbocycles. The van der Waals surface area contributed by atoms with Gasteiger partial charge >= 0.3 is 0 Å². The van der Waals surface area contributed by atoms with Crippen LogP contribution in [-0.2, 0) is 5.88 Å². The Labute approximate surface area is 143 Å². The molecule has 7 heteroatoms. The molecule has 1 heterocycles. The number of hydrogen-bond donors (Lipinski definition) is 0. The topological polar surface area (TPSA) is 17.8 Å². The zero-order chi connectivity index (χ0) is 15.1. The maximum absolute atomic E-state index is 13.4. The Morgan fingerprint density at radius 3 is 2.52 bits per heavy atom. The summed E-state index contributed by atoms with van der Waals surface area (Å²) in [5.41, 5.74) is 2.18. The predicted octanol–water partition coefficient (Wildman–Crippen LogP) is 5.97. The quantitative estimate of drug-likeness (QED) is 0.478. The van der Waals surface area contributed by atoms with Gasteiger partial charge in [0.1, 0.15) is 11.6 Å². The second-order valence-electron chi connectivity index (χ2n) is 4.35. The third kappa shape index (κ3) is 2.66. The van der Waals surface area contributed by atoms with Crippen molar-refractivity contribution in [3.8, 4) is 5.69 Å². The lowest BCUT2D eigenvalue weighted by Crippen LogP contribution is -1.99. The Morgan fingerprint density at radius 1 is 1.14 bits per heavy atom. The highest BCUT2D eigenvalue weighted by atomic mass is 79.9. The number of fused-ring (bicyclic) bond motifs is 1. The second-order valence-corrected chi connectivity index (χ2v) is 6.29. The molecule has 0 bridgehead atoms. The first-order chi connectivity index (χ1) is 10.0. The van der Waals surface area contributed by atoms with Crippen LogP contribution in [0.15, 0.2) is 34.8 Å². The number of hydrogen-bond acceptors (Lipinski definition) is 1. The van der Waals surface area contributed by atoms with Crippen molar-refractivity contribution in [2.45, 2.75) is 5.88 Å². The van der Waals surface area contributed by atoms with Crippen LogP contribution in [-0.4, -0.2) is 9.55 Å². The molecular formula is C14H7BrCl3FN2. The number of rotatable bonds is 2. The van der Waals surface area contributed by atoms with Crippen molar-refractivity contribution in [1.82, 2.24) is 9.55 Å². The van der Waals surface area contributed by atoms with E-state index in [4.69, 9.17) is 34.8 Å². The first-order valence-electron chi connectivity index (χ1n) is 5.89. The van der Waals surface area contributed by atoms with Crippen LogP contribution in [0.25, 0.3) is 16.7 Å². The summed E-state index contributed by atoms with van der Waals surface area (Å²) in [6.07, 6.45) is 0. The van der Waals surface area contributed by atoms with Crippen molar-refractivity contribution in [3.05, 3.63) is 56.5 Å². The van der Waals surface area contributed by atoms with Crippen LogP contribution in [0.1, 0.15) is 5.82 Å². The highest BCUT2D eigenvalue weighted by molar-refractivity contribution is 9.10. The number of halogens is 5. The van der Waals surface area contributed by atoms with Crippen molar-refractivity contribution in [2.75, 3.05) is 0 Å². The van der Waals surface area contributed by atoms with Gasteiger partial charge in [-0.1, -0.05) is 23.2 Å². The lowest BCUT2D eigenvalue weighted by molar-refractivity contribution is 0.620. The van der Waals surface area contributed by atoms with Crippen molar-refractivity contribution in [2.24, 2.45) is 0 Å². The van der Waals surface area contributed by atoms with Crippen LogP contribution in [0.5, 0.6) is 0 Å². The van der Waals surface area contributed by atoms with Gasteiger partial charge in [0, 0.05) is 5.69 Å². The predicted molar refractivity (Wildman–Crippen MR) is 88.3 cm³/mol. The maximum atomic E-state index is 13.4. The Bertz CT molecular complexity index is 848. The zero-order valence-corrected chi connectivity index (χ0v) is 14.2. The van der Waals surface area contributed by atoms with E-state index in [-0.39, 0.29) is 11.7 Å². The molecule has 2 aromatic carbocycles. The molecule has 0 saturated carbocycles. The fourth-order valence-corrected chi connectivity index (χ4v) is 2.99. The normalized spacial score (nSPS) is 11.3. The minimum absolute atomic E-state index is 0.207. The standard InChI is InChI=1S/C14H7BrCl3FN2/c15-8-3-7(1-2-11(8)19)21-13-5-10(18)9(17)4-12(13)20-14(21)6-16/h1-5H,6H2. The van der Waals surface area contributed by atoms with Crippen LogP contribution in [0.2, 0.25) is 10.0 Å². The maximum Gasteiger partial charge on any atom is 0.137 e. The number of nitrogens with zero attached hydrogens (tertiary/aromatic N) is 2. The second kappa shape index (κ2) is 5.76. The molecule has 0 spiro atoms. The highest BCUT2D eigenvalue weighted by Crippen LogP contribution is 2.31. The van der Waals surface area contributed by atoms with Gasteiger partial charge in [0.05, 0.1) is 31.4 Å². The minimum Gasteiger partial charge on any atom is -0.295 e. The largest absolute Gasteiger partial charge is 0.295 e. The monoisotopic (exact) mass is 406 g/mol. The molecule has 0 N–H and O–H groups in total. The summed E-state index contributed by atoms with van der Waals surface area (Å²) in [5.74, 6) is 0.499. The van der Waals surface area contributed by atoms with Crippen LogP contribution < -0.4 is 0 Å². The van der Waals surface area contributed by atoms with E-state index in [0.29, 0.717) is 25.9 Å². The van der Waals surface area contributed by atoms with E-state index in [1.165, 1.54) is 6.07 Å². The summed E-state index contributed by atoms with van der Waals surface area (Å²) in [4.78, 5) is 4.44. The third-order valence-electron chi connectivity index (χ3n) is 3.05. The van der Waals surface area contributed by atoms with E-state index in [0.717, 1.165) is 11.2 Å². The first kappa shape index (κ1) is 15.1. The molecule has 0 radical (unpaired) electrons. The summed E-state index contributed by atoms with van der Waals surface area (Å²) < 4.78 is 15.6. The molecule has 2 nitrogen and oxygen atoms in total. The van der Waals surface area contributed by atoms with Gasteiger partial charge in [-0.2, -0.15) is 0 Å². The molecule has 0 saturated heterocycles. The number of aromatic nitrogens is 2. The molecule has 21 heavy (non-hydrogen) atoms. The average molecular weight is 408 g/mol. The van der Waals surface area contributed by atoms with Crippen LogP contribution in [0.3, 0.4) is 0 Å². The molecule has 0 aliphatic rings. The molecular weight excluding hydrogens is 401 g/mol. The Kier molecular flexibility index (Phi) is 4.14. The molecule has 3 aromatic rings. The number of imidazole rings is 1. The summed E-state index contributed by atoms with van der Waals surface area (Å²) in [6.45, 7) is 0. The molecule has 0 aliphatic heterocycles. The average Bonchev–Trinajstić information content (AvgIpc) is 2.80. The van der Waals surface area contributed by atoms with Crippen molar-refractivity contribution in [1.29, 1.82) is 0 Å². The Balaban J connectivity index is 2.34. The Morgan fingerprint density at radius 2 is 1.86 bits per heavy atom. The zero-order valence-electron chi connectivity index (χ0n) is 10.4. The number of alkyl halides is 1. The fourth-order valence-electron chi connectivity index (χ4n) is 2.12. The van der Waals surface area contributed by atoms with Gasteiger partial charge in [0.2, 0.25) is 0 Å². The molecule has 108 valence electrons. The van der Waals surface area contributed by atoms with E-state index in [1.807, 2.05) is 4.57 Å². The first-order valence-corrected chi connectivity index (χ1v) is 7.97. The summed E-state index contributed by atoms with van der Waals surface area (Å²) in [6, 6.07) is 8.10. The van der Waals surface area contributed by atoms with Crippen LogP contribution in [0, 0.1) is 5.82 Å². The van der Waals surface area contributed by atoms with Gasteiger partial charge in [-0.25, -0.2) is 9.37 Å². The van der Waals surface area contributed by atoms with Crippen molar-refractivity contribution >= 4 is 61.8 Å². The third-order valence-corrected chi connectivity index (χ3v) is 4.62. The van der Waals surface area contributed by atoms with E-state index in [2.05, 4.69) is 20.9 Å². The van der Waals surface area contributed by atoms with Crippen molar-refractivity contribution in [3.63, 3.8) is 0 Å². The van der Waals surface area contributed by atoms with E-state index >= 15 is 0 Å². The molecule has 3 rings (SSSR count). The van der Waals surface area contributed by atoms with Gasteiger partial charge in [0.15, 0.2) is 0 Å². The van der Waals surface area contributed by atoms with Crippen molar-refractivity contribution < 1.29 is 4.39 Å². The minimum atomic E-state index is -0.336. The highest BCUT2D eigenvalue weighted by Gasteiger charge is 2.15. The van der Waals surface area contributed by atoms with Gasteiger partial charge < -0.3 is 0 Å². The van der Waals surface area contributed by atoms with Gasteiger partial charge in [0.25, 0.3) is 0 Å². The lowest BCUT2D eigenvalue weighted by atomic mass is 10.2. The van der Waals surface area contributed by atoms with Gasteiger partial charge in [-0.15, -0.1) is 11.6 Å². The smallest absolute Gasteiger partial charge is 0.137 e. The van der Waals surface area contributed by atoms with E-state index < -0.39 is 0 Å². The molecule has 0 fully saturated rings. The molecule has 0 amide bonds. The summed E-state index contributed by atoms with van der Waals surface area (Å²) in [5, 5.41) is 0.850. The van der Waals surface area contributed by atoms with Gasteiger partial charge in [-0.3, -0.25) is 4.57 Å². The summed E-state index contributed by atoms with van der Waals surface area (Å²) in [7, 11) is 0. The van der Waals surface area contributed by atoms with Crippen LogP contribution >= 0.6 is 50.7 Å². The molecule has 0 atom stereocenters. The Hall–Kier alpha value is -0.810. The van der Waals surface area contributed by atoms with E-state index in [1.54, 1.807) is 24.3 Å². The van der Waals surface area contributed by atoms with Crippen LogP contribution in [0.4, 0.5) is 4.39 Å². The van der Waals surface area contributed by atoms with E-state index in [9.17, 15) is 4.39 Å². The lowest BCUT2D eigenvalue weighted by Gasteiger charge is -2.09.